The summed E-state index contributed by atoms with van der Waals surface area (Å²) in [6.45, 7) is 8.55. The number of aromatic nitrogens is 2. The third-order valence-corrected chi connectivity index (χ3v) is 2.73. The molecule has 27 heavy (non-hydrogen) atoms. The highest BCUT2D eigenvalue weighted by Gasteiger charge is 2.03. The summed E-state index contributed by atoms with van der Waals surface area (Å²) in [4.78, 5) is 38.5. The fourth-order valence-electron chi connectivity index (χ4n) is 1.72. The number of nitrogens with two attached hydrogens (primary N) is 3. The van der Waals surface area contributed by atoms with Gasteiger partial charge < -0.3 is 17.2 Å². The Morgan fingerprint density at radius 3 is 2.26 bits per heavy atom. The summed E-state index contributed by atoms with van der Waals surface area (Å²) < 4.78 is 0. The second-order valence-electron chi connectivity index (χ2n) is 5.50. The lowest BCUT2D eigenvalue weighted by Gasteiger charge is -1.97. The van der Waals surface area contributed by atoms with Gasteiger partial charge in [0.15, 0.2) is 5.96 Å². The van der Waals surface area contributed by atoms with Crippen molar-refractivity contribution in [1.29, 1.82) is 5.41 Å². The van der Waals surface area contributed by atoms with E-state index < -0.39 is 0 Å². The fraction of sp³-hybridized carbons (Fsp3) is 0.389. The summed E-state index contributed by atoms with van der Waals surface area (Å²) in [6, 6.07) is 1.44. The van der Waals surface area contributed by atoms with E-state index in [9.17, 15) is 14.4 Å². The Bertz CT molecular complexity index is 678. The molecule has 0 saturated heterocycles. The number of anilines is 1. The van der Waals surface area contributed by atoms with Crippen molar-refractivity contribution in [2.75, 3.05) is 5.73 Å². The molecule has 1 aromatic rings. The Labute approximate surface area is 159 Å². The number of nitrogens with zero attached hydrogens (tertiary/aromatic N) is 1. The molecule has 9 heteroatoms. The molecule has 0 radical (unpaired) electrons. The van der Waals surface area contributed by atoms with E-state index in [1.807, 2.05) is 0 Å². The van der Waals surface area contributed by atoms with E-state index in [4.69, 9.17) is 11.1 Å². The number of unbranched alkanes of at least 4 members (excludes halogenated alkanes) is 1. The largest absolute Gasteiger partial charge is 0.370 e. The van der Waals surface area contributed by atoms with Crippen LogP contribution in [0.4, 0.5) is 5.95 Å². The summed E-state index contributed by atoms with van der Waals surface area (Å²) in [6.07, 6.45) is 7.33. The van der Waals surface area contributed by atoms with Crippen LogP contribution >= 0.6 is 0 Å². The van der Waals surface area contributed by atoms with Crippen LogP contribution in [0.15, 0.2) is 36.2 Å². The first kappa shape index (κ1) is 26.0. The quantitative estimate of drug-likeness (QED) is 0.140. The number of carbonyl (C=O) groups excluding carboxylic acids is 2. The molecule has 9 nitrogen and oxygen atoms in total. The molecule has 0 unspecified atom stereocenters. The van der Waals surface area contributed by atoms with Crippen molar-refractivity contribution in [3.05, 3.63) is 47.4 Å². The number of nitrogens with one attached hydrogen (secondary N) is 2. The molecule has 0 amide bonds. The van der Waals surface area contributed by atoms with Gasteiger partial charge in [-0.1, -0.05) is 12.2 Å². The zero-order chi connectivity index (χ0) is 21.2. The second-order valence-corrected chi connectivity index (χ2v) is 5.50. The van der Waals surface area contributed by atoms with E-state index in [1.165, 1.54) is 13.0 Å². The average molecular weight is 378 g/mol. The smallest absolute Gasteiger partial charge is 0.252 e. The van der Waals surface area contributed by atoms with Gasteiger partial charge in [-0.2, -0.15) is 0 Å². The normalized spacial score (nSPS) is 8.93. The number of hydrogen-bond donors (Lipinski definition) is 5. The maximum atomic E-state index is 10.9. The minimum atomic E-state index is -0.333. The van der Waals surface area contributed by atoms with Crippen molar-refractivity contribution in [3.8, 4) is 0 Å². The number of guanidine groups is 1. The number of H-pyrrole nitrogens is 1. The molecule has 0 aliphatic heterocycles. The number of allylic oxidation sites excluding steroid dienone is 2. The van der Waals surface area contributed by atoms with Gasteiger partial charge in [0.2, 0.25) is 5.95 Å². The summed E-state index contributed by atoms with van der Waals surface area (Å²) in [5, 5.41) is 6.06. The molecule has 150 valence electrons. The molecule has 0 saturated carbocycles. The van der Waals surface area contributed by atoms with Crippen molar-refractivity contribution in [2.45, 2.75) is 45.4 Å². The molecule has 0 fully saturated rings. The topological polar surface area (TPSA) is 182 Å². The van der Waals surface area contributed by atoms with Crippen LogP contribution in [0.3, 0.4) is 0 Å². The Hall–Kier alpha value is -3.23. The minimum Gasteiger partial charge on any atom is -0.370 e. The summed E-state index contributed by atoms with van der Waals surface area (Å²) in [5.41, 5.74) is 14.8. The highest BCUT2D eigenvalue weighted by atomic mass is 16.1. The highest BCUT2D eigenvalue weighted by molar-refractivity contribution is 5.97. The van der Waals surface area contributed by atoms with Crippen LogP contribution in [0.2, 0.25) is 0 Å². The minimum absolute atomic E-state index is 0.0411. The van der Waals surface area contributed by atoms with E-state index in [0.29, 0.717) is 18.5 Å². The van der Waals surface area contributed by atoms with Crippen LogP contribution in [-0.4, -0.2) is 27.5 Å². The van der Waals surface area contributed by atoms with Gasteiger partial charge in [-0.3, -0.25) is 24.8 Å². The highest BCUT2D eigenvalue weighted by Crippen LogP contribution is 1.99. The SMILES string of the molecule is C=CCCCC(=O)CC(C)=O.C=CCCc1cc(=O)[nH]c(N)n1.N=C(N)N. The molecule has 0 aromatic carbocycles. The molecule has 0 bridgehead atoms. The van der Waals surface area contributed by atoms with Gasteiger partial charge >= 0.3 is 0 Å². The maximum absolute atomic E-state index is 10.9. The summed E-state index contributed by atoms with van der Waals surface area (Å²) >= 11 is 0. The second kappa shape index (κ2) is 16.2. The molecule has 8 N–H and O–H groups in total. The number of nitrogen functional groups attached to an aromatic ring is 1. The van der Waals surface area contributed by atoms with Gasteiger partial charge in [-0.25, -0.2) is 4.98 Å². The van der Waals surface area contributed by atoms with E-state index in [0.717, 1.165) is 19.3 Å². The number of Topliss-reactive ketones (excluding diaryl/α,β-unsaturated/α-hetero) is 2. The predicted molar refractivity (Wildman–Crippen MR) is 108 cm³/mol. The van der Waals surface area contributed by atoms with Gasteiger partial charge in [-0.15, -0.1) is 13.2 Å². The lowest BCUT2D eigenvalue weighted by atomic mass is 10.1. The molecule has 0 atom stereocenters. The van der Waals surface area contributed by atoms with Gasteiger partial charge in [0.1, 0.15) is 11.6 Å². The van der Waals surface area contributed by atoms with Gasteiger partial charge in [0.25, 0.3) is 5.56 Å². The fourth-order valence-corrected chi connectivity index (χ4v) is 1.72. The maximum Gasteiger partial charge on any atom is 0.252 e. The number of aromatic amines is 1. The standard InChI is InChI=1S/C9H14O2.C8H11N3O.CH5N3/c1-3-4-5-6-9(11)7-8(2)10;1-2-3-4-6-5-7(12)11-8(9)10-6;2-1(3)4/h3H,1,4-7H2,2H3;2,5H,1,3-4H2,(H3,9,10,11,12);(H5,2,3,4). The first-order chi connectivity index (χ1) is 12.6. The number of aryl methyl sites for hydroxylation is 1. The van der Waals surface area contributed by atoms with Crippen molar-refractivity contribution in [3.63, 3.8) is 0 Å². The van der Waals surface area contributed by atoms with Gasteiger partial charge in [0.05, 0.1) is 12.1 Å². The van der Waals surface area contributed by atoms with E-state index in [1.54, 1.807) is 12.2 Å². The Morgan fingerprint density at radius 1 is 1.26 bits per heavy atom. The number of carbonyl (C=O) groups is 2. The molecular formula is C18H30N6O3. The molecule has 1 aromatic heterocycles. The van der Waals surface area contributed by atoms with Crippen molar-refractivity contribution < 1.29 is 9.59 Å². The molecular weight excluding hydrogens is 348 g/mol. The third kappa shape index (κ3) is 20.7. The first-order valence-corrected chi connectivity index (χ1v) is 8.30. The van der Waals surface area contributed by atoms with Crippen LogP contribution in [0, 0.1) is 5.41 Å². The van der Waals surface area contributed by atoms with E-state index in [-0.39, 0.29) is 35.5 Å². The Balaban J connectivity index is 0. The number of ketones is 2. The summed E-state index contributed by atoms with van der Waals surface area (Å²) in [5.74, 6) is -0.172. The van der Waals surface area contributed by atoms with Gasteiger partial charge in [-0.05, 0) is 32.6 Å². The molecule has 1 rings (SSSR count). The monoisotopic (exact) mass is 378 g/mol. The summed E-state index contributed by atoms with van der Waals surface area (Å²) in [7, 11) is 0. The molecule has 1 heterocycles. The van der Waals surface area contributed by atoms with Crippen molar-refractivity contribution in [1.82, 2.24) is 9.97 Å². The molecule has 0 spiro atoms. The third-order valence-electron chi connectivity index (χ3n) is 2.73. The molecule has 0 aliphatic rings. The first-order valence-electron chi connectivity index (χ1n) is 8.30. The predicted octanol–water partition coefficient (Wildman–Crippen LogP) is 1.20. The Morgan fingerprint density at radius 2 is 1.81 bits per heavy atom. The van der Waals surface area contributed by atoms with Crippen LogP contribution in [0.1, 0.15) is 44.7 Å². The zero-order valence-electron chi connectivity index (χ0n) is 15.8. The van der Waals surface area contributed by atoms with E-state index in [2.05, 4.69) is 34.6 Å². The van der Waals surface area contributed by atoms with Crippen LogP contribution in [0.25, 0.3) is 0 Å². The lowest BCUT2D eigenvalue weighted by molar-refractivity contribution is -0.125. The lowest BCUT2D eigenvalue weighted by Crippen LogP contribution is -2.20. The number of rotatable bonds is 9. The van der Waals surface area contributed by atoms with Crippen molar-refractivity contribution >= 4 is 23.5 Å². The van der Waals surface area contributed by atoms with Crippen LogP contribution in [0.5, 0.6) is 0 Å². The zero-order valence-corrected chi connectivity index (χ0v) is 15.8. The van der Waals surface area contributed by atoms with Crippen LogP contribution in [-0.2, 0) is 16.0 Å². The number of hydrogen-bond acceptors (Lipinski definition) is 6. The van der Waals surface area contributed by atoms with Crippen molar-refractivity contribution in [2.24, 2.45) is 11.5 Å². The van der Waals surface area contributed by atoms with E-state index >= 15 is 0 Å². The Kier molecular flexibility index (Phi) is 15.7. The molecule has 0 aliphatic carbocycles. The average Bonchev–Trinajstić information content (AvgIpc) is 2.51. The van der Waals surface area contributed by atoms with Gasteiger partial charge in [0, 0.05) is 12.5 Å². The van der Waals surface area contributed by atoms with Crippen LogP contribution < -0.4 is 22.8 Å².